The molecule has 1 aliphatic rings. The number of nitriles is 1. The Morgan fingerprint density at radius 1 is 1.62 bits per heavy atom. The second-order valence-electron chi connectivity index (χ2n) is 4.03. The lowest BCUT2D eigenvalue weighted by atomic mass is 9.99. The molecule has 0 aliphatic carbocycles. The third kappa shape index (κ3) is 2.61. The molecule has 1 aliphatic heterocycles. The molecule has 16 heavy (non-hydrogen) atoms. The van der Waals surface area contributed by atoms with Crippen LogP contribution in [0.2, 0.25) is 0 Å². The number of thiophene rings is 1. The number of nitrogens with zero attached hydrogens (tertiary/aromatic N) is 2. The summed E-state index contributed by atoms with van der Waals surface area (Å²) in [6.45, 7) is 1.36. The smallest absolute Gasteiger partial charge is 0.222 e. The van der Waals surface area contributed by atoms with Crippen molar-refractivity contribution in [1.29, 1.82) is 5.26 Å². The summed E-state index contributed by atoms with van der Waals surface area (Å²) in [4.78, 5) is 14.8. The van der Waals surface area contributed by atoms with Crippen molar-refractivity contribution in [2.45, 2.75) is 19.3 Å². The van der Waals surface area contributed by atoms with Gasteiger partial charge in [-0.25, -0.2) is 0 Å². The summed E-state index contributed by atoms with van der Waals surface area (Å²) >= 11 is 1.72. The van der Waals surface area contributed by atoms with Gasteiger partial charge in [-0.2, -0.15) is 5.26 Å². The molecule has 0 spiro atoms. The average molecular weight is 234 g/mol. The Morgan fingerprint density at radius 3 is 3.19 bits per heavy atom. The first-order chi connectivity index (χ1) is 7.79. The fourth-order valence-corrected chi connectivity index (χ4v) is 2.63. The molecule has 1 unspecified atom stereocenters. The molecule has 1 atom stereocenters. The average Bonchev–Trinajstić information content (AvgIpc) is 2.81. The van der Waals surface area contributed by atoms with Crippen molar-refractivity contribution >= 4 is 17.2 Å². The number of hydrogen-bond donors (Lipinski definition) is 0. The Balaban J connectivity index is 1.88. The van der Waals surface area contributed by atoms with Gasteiger partial charge in [0.25, 0.3) is 0 Å². The van der Waals surface area contributed by atoms with E-state index in [0.717, 1.165) is 19.4 Å². The maximum absolute atomic E-state index is 11.6. The first-order valence-corrected chi connectivity index (χ1v) is 6.37. The molecular formula is C12H14N2OS. The van der Waals surface area contributed by atoms with Crippen LogP contribution in [-0.4, -0.2) is 23.9 Å². The van der Waals surface area contributed by atoms with Crippen molar-refractivity contribution in [2.24, 2.45) is 5.92 Å². The van der Waals surface area contributed by atoms with Crippen molar-refractivity contribution in [2.75, 3.05) is 13.1 Å². The standard InChI is InChI=1S/C12H14N2OS/c13-8-10-3-4-12(15)14(9-10)6-5-11-2-1-7-16-11/h1-2,7,10H,3-6,9H2. The third-order valence-corrected chi connectivity index (χ3v) is 3.83. The summed E-state index contributed by atoms with van der Waals surface area (Å²) in [7, 11) is 0. The zero-order valence-electron chi connectivity index (χ0n) is 9.06. The van der Waals surface area contributed by atoms with Gasteiger partial charge in [0.15, 0.2) is 0 Å². The van der Waals surface area contributed by atoms with E-state index < -0.39 is 0 Å². The van der Waals surface area contributed by atoms with Gasteiger partial charge in [-0.15, -0.1) is 11.3 Å². The molecule has 84 valence electrons. The lowest BCUT2D eigenvalue weighted by molar-refractivity contribution is -0.134. The second-order valence-corrected chi connectivity index (χ2v) is 5.07. The van der Waals surface area contributed by atoms with E-state index in [2.05, 4.69) is 12.1 Å². The minimum Gasteiger partial charge on any atom is -0.341 e. The van der Waals surface area contributed by atoms with Gasteiger partial charge in [0.05, 0.1) is 12.0 Å². The number of hydrogen-bond acceptors (Lipinski definition) is 3. The minimum absolute atomic E-state index is 0.0287. The summed E-state index contributed by atoms with van der Waals surface area (Å²) in [6.07, 6.45) is 2.16. The summed E-state index contributed by atoms with van der Waals surface area (Å²) in [5, 5.41) is 10.9. The highest BCUT2D eigenvalue weighted by Crippen LogP contribution is 2.18. The largest absolute Gasteiger partial charge is 0.341 e. The van der Waals surface area contributed by atoms with Gasteiger partial charge >= 0.3 is 0 Å². The van der Waals surface area contributed by atoms with Crippen LogP contribution >= 0.6 is 11.3 Å². The molecule has 2 rings (SSSR count). The maximum atomic E-state index is 11.6. The Bertz CT molecular complexity index is 394. The molecule has 1 saturated heterocycles. The van der Waals surface area contributed by atoms with Crippen LogP contribution in [-0.2, 0) is 11.2 Å². The first-order valence-electron chi connectivity index (χ1n) is 5.49. The van der Waals surface area contributed by atoms with E-state index in [4.69, 9.17) is 5.26 Å². The molecule has 0 aromatic carbocycles. The second kappa shape index (κ2) is 5.13. The van der Waals surface area contributed by atoms with Crippen molar-refractivity contribution in [3.8, 4) is 6.07 Å². The number of carbonyl (C=O) groups is 1. The Morgan fingerprint density at radius 2 is 2.50 bits per heavy atom. The van der Waals surface area contributed by atoms with Crippen LogP contribution in [0.1, 0.15) is 17.7 Å². The fraction of sp³-hybridized carbons (Fsp3) is 0.500. The molecule has 0 N–H and O–H groups in total. The number of rotatable bonds is 3. The predicted octanol–water partition coefficient (Wildman–Crippen LogP) is 2.05. The van der Waals surface area contributed by atoms with Crippen LogP contribution in [0.5, 0.6) is 0 Å². The number of likely N-dealkylation sites (tertiary alicyclic amines) is 1. The van der Waals surface area contributed by atoms with Crippen LogP contribution in [0.15, 0.2) is 17.5 Å². The maximum Gasteiger partial charge on any atom is 0.222 e. The molecule has 1 amide bonds. The van der Waals surface area contributed by atoms with Crippen molar-refractivity contribution < 1.29 is 4.79 Å². The van der Waals surface area contributed by atoms with E-state index >= 15 is 0 Å². The molecule has 1 fully saturated rings. The lowest BCUT2D eigenvalue weighted by Crippen LogP contribution is -2.40. The highest BCUT2D eigenvalue weighted by Gasteiger charge is 2.24. The van der Waals surface area contributed by atoms with Gasteiger partial charge < -0.3 is 4.90 Å². The summed E-state index contributed by atoms with van der Waals surface area (Å²) < 4.78 is 0. The van der Waals surface area contributed by atoms with Crippen LogP contribution in [0.3, 0.4) is 0 Å². The molecule has 0 radical (unpaired) electrons. The summed E-state index contributed by atoms with van der Waals surface area (Å²) in [5.74, 6) is 0.226. The molecular weight excluding hydrogens is 220 g/mol. The van der Waals surface area contributed by atoms with Crippen molar-refractivity contribution in [3.05, 3.63) is 22.4 Å². The Kier molecular flexibility index (Phi) is 3.58. The van der Waals surface area contributed by atoms with Gasteiger partial charge in [-0.1, -0.05) is 6.07 Å². The predicted molar refractivity (Wildman–Crippen MR) is 62.9 cm³/mol. The van der Waals surface area contributed by atoms with E-state index in [1.165, 1.54) is 4.88 Å². The van der Waals surface area contributed by atoms with E-state index in [0.29, 0.717) is 13.0 Å². The highest BCUT2D eigenvalue weighted by atomic mass is 32.1. The van der Waals surface area contributed by atoms with Crippen LogP contribution in [0.4, 0.5) is 0 Å². The van der Waals surface area contributed by atoms with Gasteiger partial charge in [0.1, 0.15) is 0 Å². The summed E-state index contributed by atoms with van der Waals surface area (Å²) in [5.41, 5.74) is 0. The monoisotopic (exact) mass is 234 g/mol. The molecule has 3 nitrogen and oxygen atoms in total. The minimum atomic E-state index is 0.0287. The van der Waals surface area contributed by atoms with E-state index in [1.54, 1.807) is 11.3 Å². The molecule has 1 aromatic rings. The van der Waals surface area contributed by atoms with Crippen molar-refractivity contribution in [1.82, 2.24) is 4.90 Å². The van der Waals surface area contributed by atoms with Crippen LogP contribution in [0.25, 0.3) is 0 Å². The van der Waals surface area contributed by atoms with E-state index in [9.17, 15) is 4.79 Å². The SMILES string of the molecule is N#CC1CCC(=O)N(CCc2cccs2)C1. The summed E-state index contributed by atoms with van der Waals surface area (Å²) in [6, 6.07) is 6.36. The topological polar surface area (TPSA) is 44.1 Å². The normalized spacial score (nSPS) is 20.8. The Labute approximate surface area is 99.3 Å². The van der Waals surface area contributed by atoms with E-state index in [-0.39, 0.29) is 11.8 Å². The fourth-order valence-electron chi connectivity index (χ4n) is 1.94. The van der Waals surface area contributed by atoms with Gasteiger partial charge in [0, 0.05) is 24.4 Å². The Hall–Kier alpha value is -1.34. The molecule has 4 heteroatoms. The molecule has 0 bridgehead atoms. The molecule has 0 saturated carbocycles. The zero-order valence-corrected chi connectivity index (χ0v) is 9.87. The van der Waals surface area contributed by atoms with Gasteiger partial charge in [-0.05, 0) is 24.3 Å². The molecule has 1 aromatic heterocycles. The number of amides is 1. The van der Waals surface area contributed by atoms with E-state index in [1.807, 2.05) is 16.3 Å². The lowest BCUT2D eigenvalue weighted by Gasteiger charge is -2.29. The zero-order chi connectivity index (χ0) is 11.4. The third-order valence-electron chi connectivity index (χ3n) is 2.89. The van der Waals surface area contributed by atoms with Crippen LogP contribution < -0.4 is 0 Å². The van der Waals surface area contributed by atoms with Crippen molar-refractivity contribution in [3.63, 3.8) is 0 Å². The van der Waals surface area contributed by atoms with Gasteiger partial charge in [-0.3, -0.25) is 4.79 Å². The number of carbonyl (C=O) groups excluding carboxylic acids is 1. The van der Waals surface area contributed by atoms with Gasteiger partial charge in [0.2, 0.25) is 5.91 Å². The first kappa shape index (κ1) is 11.2. The number of piperidine rings is 1. The van der Waals surface area contributed by atoms with Crippen LogP contribution in [0, 0.1) is 17.2 Å². The highest BCUT2D eigenvalue weighted by molar-refractivity contribution is 7.09. The molecule has 2 heterocycles. The quantitative estimate of drug-likeness (QED) is 0.803.